The second kappa shape index (κ2) is 3.75. The number of nitrogens with zero attached hydrogens (tertiary/aromatic N) is 3. The summed E-state index contributed by atoms with van der Waals surface area (Å²) in [6.07, 6.45) is 1.72. The van der Waals surface area contributed by atoms with Crippen molar-refractivity contribution in [3.05, 3.63) is 40.5 Å². The molecule has 0 aliphatic carbocycles. The van der Waals surface area contributed by atoms with Gasteiger partial charge in [0.05, 0.1) is 11.3 Å². The Balaban J connectivity index is 2.61. The highest BCUT2D eigenvalue weighted by Gasteiger charge is 2.05. The molecule has 15 heavy (non-hydrogen) atoms. The van der Waals surface area contributed by atoms with E-state index in [2.05, 4.69) is 27.1 Å². The first-order valence-electron chi connectivity index (χ1n) is 4.22. The van der Waals surface area contributed by atoms with Crippen molar-refractivity contribution in [2.24, 2.45) is 0 Å². The first-order valence-corrected chi connectivity index (χ1v) is 5.01. The molecule has 2 rings (SSSR count). The van der Waals surface area contributed by atoms with Crippen LogP contribution in [0.5, 0.6) is 0 Å². The molecule has 0 amide bonds. The standard InChI is InChI=1S/C10H7BrN4/c11-8-2-1-7(6-12)9(5-8)15-4-3-10(13)14-15/h1-5H,(H2,13,14). The van der Waals surface area contributed by atoms with E-state index >= 15 is 0 Å². The summed E-state index contributed by atoms with van der Waals surface area (Å²) in [5, 5.41) is 13.0. The minimum atomic E-state index is 0.430. The van der Waals surface area contributed by atoms with Crippen LogP contribution in [-0.4, -0.2) is 9.78 Å². The quantitative estimate of drug-likeness (QED) is 0.856. The van der Waals surface area contributed by atoms with Gasteiger partial charge in [-0.1, -0.05) is 15.9 Å². The molecule has 0 unspecified atom stereocenters. The molecular weight excluding hydrogens is 256 g/mol. The lowest BCUT2D eigenvalue weighted by Crippen LogP contribution is -1.99. The van der Waals surface area contributed by atoms with Crippen LogP contribution in [0.4, 0.5) is 5.82 Å². The van der Waals surface area contributed by atoms with Crippen LogP contribution < -0.4 is 5.73 Å². The summed E-state index contributed by atoms with van der Waals surface area (Å²) in [6, 6.07) is 9.16. The molecule has 0 saturated heterocycles. The maximum Gasteiger partial charge on any atom is 0.145 e. The highest BCUT2D eigenvalue weighted by molar-refractivity contribution is 9.10. The monoisotopic (exact) mass is 262 g/mol. The molecule has 74 valence electrons. The van der Waals surface area contributed by atoms with E-state index in [1.807, 2.05) is 12.1 Å². The third-order valence-corrected chi connectivity index (χ3v) is 2.43. The summed E-state index contributed by atoms with van der Waals surface area (Å²) in [7, 11) is 0. The molecule has 2 aromatic rings. The third-order valence-electron chi connectivity index (χ3n) is 1.94. The molecule has 1 aromatic carbocycles. The van der Waals surface area contributed by atoms with Crippen molar-refractivity contribution in [3.8, 4) is 11.8 Å². The lowest BCUT2D eigenvalue weighted by molar-refractivity contribution is 0.882. The van der Waals surface area contributed by atoms with Gasteiger partial charge in [-0.15, -0.1) is 0 Å². The van der Waals surface area contributed by atoms with Gasteiger partial charge >= 0.3 is 0 Å². The molecule has 0 saturated carbocycles. The number of anilines is 1. The molecule has 0 atom stereocenters. The molecular formula is C10H7BrN4. The van der Waals surface area contributed by atoms with Crippen molar-refractivity contribution in [1.82, 2.24) is 9.78 Å². The summed E-state index contributed by atoms with van der Waals surface area (Å²) in [6.45, 7) is 0. The van der Waals surface area contributed by atoms with Gasteiger partial charge in [0.2, 0.25) is 0 Å². The number of nitrogens with two attached hydrogens (primary N) is 1. The molecule has 0 spiro atoms. The van der Waals surface area contributed by atoms with E-state index in [0.29, 0.717) is 17.1 Å². The third kappa shape index (κ3) is 1.85. The van der Waals surface area contributed by atoms with Gasteiger partial charge in [-0.3, -0.25) is 0 Å². The molecule has 0 fully saturated rings. The average Bonchev–Trinajstić information content (AvgIpc) is 2.65. The Hall–Kier alpha value is -1.80. The predicted octanol–water partition coefficient (Wildman–Crippen LogP) is 2.09. The summed E-state index contributed by atoms with van der Waals surface area (Å²) >= 11 is 3.35. The summed E-state index contributed by atoms with van der Waals surface area (Å²) in [5.74, 6) is 0.430. The van der Waals surface area contributed by atoms with Crippen molar-refractivity contribution in [3.63, 3.8) is 0 Å². The summed E-state index contributed by atoms with van der Waals surface area (Å²) in [4.78, 5) is 0. The molecule has 0 radical (unpaired) electrons. The minimum absolute atomic E-state index is 0.430. The van der Waals surface area contributed by atoms with E-state index in [4.69, 9.17) is 11.0 Å². The van der Waals surface area contributed by atoms with Gasteiger partial charge in [-0.05, 0) is 18.2 Å². The van der Waals surface area contributed by atoms with Gasteiger partial charge in [0.25, 0.3) is 0 Å². The number of hydrogen-bond acceptors (Lipinski definition) is 3. The number of halogens is 1. The Morgan fingerprint density at radius 1 is 1.40 bits per heavy atom. The molecule has 5 heteroatoms. The lowest BCUT2D eigenvalue weighted by Gasteiger charge is -2.03. The molecule has 0 bridgehead atoms. The number of benzene rings is 1. The normalized spacial score (nSPS) is 9.87. The molecule has 1 heterocycles. The Bertz CT molecular complexity index is 539. The predicted molar refractivity (Wildman–Crippen MR) is 60.4 cm³/mol. The Labute approximate surface area is 95.1 Å². The van der Waals surface area contributed by atoms with Crippen molar-refractivity contribution >= 4 is 21.7 Å². The zero-order valence-electron chi connectivity index (χ0n) is 7.68. The molecule has 4 nitrogen and oxygen atoms in total. The van der Waals surface area contributed by atoms with Crippen LogP contribution in [0.2, 0.25) is 0 Å². The molecule has 1 aromatic heterocycles. The number of hydrogen-bond donors (Lipinski definition) is 1. The fourth-order valence-corrected chi connectivity index (χ4v) is 1.61. The van der Waals surface area contributed by atoms with Gasteiger partial charge in [0.1, 0.15) is 11.9 Å². The maximum absolute atomic E-state index is 8.94. The van der Waals surface area contributed by atoms with Crippen LogP contribution in [-0.2, 0) is 0 Å². The smallest absolute Gasteiger partial charge is 0.145 e. The maximum atomic E-state index is 8.94. The minimum Gasteiger partial charge on any atom is -0.382 e. The fraction of sp³-hybridized carbons (Fsp3) is 0. The molecule has 0 aliphatic rings. The Morgan fingerprint density at radius 3 is 2.80 bits per heavy atom. The highest BCUT2D eigenvalue weighted by Crippen LogP contribution is 2.19. The van der Waals surface area contributed by atoms with Crippen LogP contribution >= 0.6 is 15.9 Å². The zero-order chi connectivity index (χ0) is 10.8. The van der Waals surface area contributed by atoms with E-state index in [1.54, 1.807) is 23.0 Å². The number of nitriles is 1. The topological polar surface area (TPSA) is 67.6 Å². The fourth-order valence-electron chi connectivity index (χ4n) is 1.26. The van der Waals surface area contributed by atoms with Crippen molar-refractivity contribution in [1.29, 1.82) is 5.26 Å². The Kier molecular flexibility index (Phi) is 2.44. The zero-order valence-corrected chi connectivity index (χ0v) is 9.27. The van der Waals surface area contributed by atoms with Crippen LogP contribution in [0.1, 0.15) is 5.56 Å². The van der Waals surface area contributed by atoms with Crippen LogP contribution in [0.15, 0.2) is 34.9 Å². The number of rotatable bonds is 1. The second-order valence-corrected chi connectivity index (χ2v) is 3.87. The van der Waals surface area contributed by atoms with E-state index in [1.165, 1.54) is 0 Å². The summed E-state index contributed by atoms with van der Waals surface area (Å²) < 4.78 is 2.48. The van der Waals surface area contributed by atoms with Crippen LogP contribution in [0.3, 0.4) is 0 Å². The van der Waals surface area contributed by atoms with Crippen LogP contribution in [0, 0.1) is 11.3 Å². The Morgan fingerprint density at radius 2 is 2.20 bits per heavy atom. The van der Waals surface area contributed by atoms with Gasteiger partial charge in [0.15, 0.2) is 0 Å². The second-order valence-electron chi connectivity index (χ2n) is 2.96. The molecule has 2 N–H and O–H groups in total. The van der Waals surface area contributed by atoms with Crippen molar-refractivity contribution in [2.75, 3.05) is 5.73 Å². The van der Waals surface area contributed by atoms with Crippen LogP contribution in [0.25, 0.3) is 5.69 Å². The van der Waals surface area contributed by atoms with Crippen molar-refractivity contribution in [2.45, 2.75) is 0 Å². The van der Waals surface area contributed by atoms with Gasteiger partial charge < -0.3 is 5.73 Å². The van der Waals surface area contributed by atoms with E-state index in [-0.39, 0.29) is 0 Å². The number of aromatic nitrogens is 2. The average molecular weight is 263 g/mol. The largest absolute Gasteiger partial charge is 0.382 e. The van der Waals surface area contributed by atoms with E-state index < -0.39 is 0 Å². The van der Waals surface area contributed by atoms with E-state index in [0.717, 1.165) is 4.47 Å². The lowest BCUT2D eigenvalue weighted by atomic mass is 10.2. The highest BCUT2D eigenvalue weighted by atomic mass is 79.9. The van der Waals surface area contributed by atoms with Crippen molar-refractivity contribution < 1.29 is 0 Å². The molecule has 0 aliphatic heterocycles. The van der Waals surface area contributed by atoms with Gasteiger partial charge in [-0.25, -0.2) is 4.68 Å². The van der Waals surface area contributed by atoms with Gasteiger partial charge in [0, 0.05) is 16.7 Å². The number of nitrogen functional groups attached to an aromatic ring is 1. The summed E-state index contributed by atoms with van der Waals surface area (Å²) in [5.41, 5.74) is 6.79. The first-order chi connectivity index (χ1) is 7.20. The SMILES string of the molecule is N#Cc1ccc(Br)cc1-n1ccc(N)n1. The van der Waals surface area contributed by atoms with E-state index in [9.17, 15) is 0 Å². The first kappa shape index (κ1) is 9.74. The van der Waals surface area contributed by atoms with Gasteiger partial charge in [-0.2, -0.15) is 10.4 Å².